The van der Waals surface area contributed by atoms with Crippen molar-refractivity contribution in [1.82, 2.24) is 9.80 Å². The molecule has 2 saturated heterocycles. The zero-order valence-electron chi connectivity index (χ0n) is 9.40. The third kappa shape index (κ3) is 2.04. The minimum absolute atomic E-state index is 0.140. The molecule has 2 heterocycles. The van der Waals surface area contributed by atoms with Crippen molar-refractivity contribution in [2.45, 2.75) is 37.8 Å². The Labute approximate surface area is 90.2 Å². The van der Waals surface area contributed by atoms with E-state index in [2.05, 4.69) is 4.90 Å². The molecule has 2 aliphatic rings. The van der Waals surface area contributed by atoms with Crippen LogP contribution < -0.4 is 0 Å². The van der Waals surface area contributed by atoms with E-state index >= 15 is 0 Å². The highest BCUT2D eigenvalue weighted by Gasteiger charge is 2.40. The maximum atomic E-state index is 11.6. The summed E-state index contributed by atoms with van der Waals surface area (Å²) in [4.78, 5) is 26.8. The molecule has 1 amide bonds. The van der Waals surface area contributed by atoms with Crippen molar-refractivity contribution in [3.63, 3.8) is 0 Å². The number of carbonyl (C=O) groups excluding carboxylic acids is 2. The average Bonchev–Trinajstić information content (AvgIpc) is 2.42. The summed E-state index contributed by atoms with van der Waals surface area (Å²) in [5.74, 6) is 0.511. The van der Waals surface area contributed by atoms with Gasteiger partial charge >= 0.3 is 0 Å². The normalized spacial score (nSPS) is 30.7. The number of piperidine rings is 1. The second-order valence-corrected chi connectivity index (χ2v) is 4.79. The van der Waals surface area contributed by atoms with Gasteiger partial charge in [0, 0.05) is 39.0 Å². The van der Waals surface area contributed by atoms with Crippen LogP contribution in [0.5, 0.6) is 0 Å². The van der Waals surface area contributed by atoms with Crippen LogP contribution in [0.3, 0.4) is 0 Å². The van der Waals surface area contributed by atoms with Gasteiger partial charge in [0.25, 0.3) is 0 Å². The summed E-state index contributed by atoms with van der Waals surface area (Å²) in [5.41, 5.74) is 0. The van der Waals surface area contributed by atoms with E-state index < -0.39 is 0 Å². The summed E-state index contributed by atoms with van der Waals surface area (Å²) in [6, 6.07) is 0.667. The maximum Gasteiger partial charge on any atom is 0.236 e. The molecule has 0 spiro atoms. The molecule has 15 heavy (non-hydrogen) atoms. The molecule has 0 aromatic rings. The number of ketones is 1. The molecule has 84 valence electrons. The Morgan fingerprint density at radius 1 is 1.33 bits per heavy atom. The smallest absolute Gasteiger partial charge is 0.236 e. The second-order valence-electron chi connectivity index (χ2n) is 4.79. The van der Waals surface area contributed by atoms with Crippen molar-refractivity contribution in [1.29, 1.82) is 0 Å². The minimum atomic E-state index is 0.140. The fraction of sp³-hybridized carbons (Fsp3) is 0.818. The topological polar surface area (TPSA) is 40.6 Å². The molecule has 2 unspecified atom stereocenters. The summed E-state index contributed by atoms with van der Waals surface area (Å²) >= 11 is 0. The standard InChI is InChI=1S/C11H18N2O2/c1-12(2)11(15)7-13-8-3-4-9(13)6-10(14)5-8/h8-9H,3-7H2,1-2H3. The number of amides is 1. The van der Waals surface area contributed by atoms with Crippen molar-refractivity contribution >= 4 is 11.7 Å². The summed E-state index contributed by atoms with van der Waals surface area (Å²) in [6.07, 6.45) is 3.46. The average molecular weight is 210 g/mol. The zero-order chi connectivity index (χ0) is 11.0. The van der Waals surface area contributed by atoms with E-state index in [0.717, 1.165) is 12.8 Å². The molecule has 0 N–H and O–H groups in total. The van der Waals surface area contributed by atoms with Crippen LogP contribution in [0, 0.1) is 0 Å². The lowest BCUT2D eigenvalue weighted by molar-refractivity contribution is -0.133. The molecule has 2 aliphatic heterocycles. The number of nitrogens with zero attached hydrogens (tertiary/aromatic N) is 2. The molecule has 2 fully saturated rings. The Morgan fingerprint density at radius 2 is 1.87 bits per heavy atom. The van der Waals surface area contributed by atoms with E-state index in [4.69, 9.17) is 0 Å². The first kappa shape index (κ1) is 10.6. The highest BCUT2D eigenvalue weighted by molar-refractivity contribution is 5.82. The maximum absolute atomic E-state index is 11.6. The van der Waals surface area contributed by atoms with Crippen LogP contribution in [-0.2, 0) is 9.59 Å². The van der Waals surface area contributed by atoms with Gasteiger partial charge < -0.3 is 4.90 Å². The third-order valence-corrected chi connectivity index (χ3v) is 3.51. The van der Waals surface area contributed by atoms with Crippen LogP contribution in [0.15, 0.2) is 0 Å². The SMILES string of the molecule is CN(C)C(=O)CN1C2CCC1CC(=O)C2. The molecule has 0 aromatic heterocycles. The highest BCUT2D eigenvalue weighted by Crippen LogP contribution is 2.33. The third-order valence-electron chi connectivity index (χ3n) is 3.51. The van der Waals surface area contributed by atoms with Crippen molar-refractivity contribution in [3.8, 4) is 0 Å². The molecule has 4 heteroatoms. The van der Waals surface area contributed by atoms with E-state index in [1.165, 1.54) is 0 Å². The Kier molecular flexibility index (Phi) is 2.78. The molecule has 0 radical (unpaired) electrons. The second kappa shape index (κ2) is 3.93. The molecule has 0 aromatic carbocycles. The monoisotopic (exact) mass is 210 g/mol. The van der Waals surface area contributed by atoms with Crippen LogP contribution in [0.4, 0.5) is 0 Å². The van der Waals surface area contributed by atoms with Gasteiger partial charge in [0.1, 0.15) is 5.78 Å². The molecule has 0 aliphatic carbocycles. The fourth-order valence-corrected chi connectivity index (χ4v) is 2.62. The van der Waals surface area contributed by atoms with Gasteiger partial charge in [-0.3, -0.25) is 14.5 Å². The van der Waals surface area contributed by atoms with Gasteiger partial charge in [-0.05, 0) is 12.8 Å². The zero-order valence-corrected chi connectivity index (χ0v) is 9.40. The summed E-state index contributed by atoms with van der Waals surface area (Å²) in [6.45, 7) is 0.482. The van der Waals surface area contributed by atoms with Gasteiger partial charge in [-0.25, -0.2) is 0 Å². The predicted molar refractivity (Wildman–Crippen MR) is 56.5 cm³/mol. The lowest BCUT2D eigenvalue weighted by Gasteiger charge is -2.33. The van der Waals surface area contributed by atoms with Gasteiger partial charge in [0.05, 0.1) is 6.54 Å². The van der Waals surface area contributed by atoms with E-state index in [0.29, 0.717) is 37.3 Å². The quantitative estimate of drug-likeness (QED) is 0.657. The van der Waals surface area contributed by atoms with Crippen LogP contribution in [0.2, 0.25) is 0 Å². The van der Waals surface area contributed by atoms with Gasteiger partial charge in [0.15, 0.2) is 0 Å². The Balaban J connectivity index is 1.99. The number of Topliss-reactive ketones (excluding diaryl/α,β-unsaturated/α-hetero) is 1. The molecular formula is C11H18N2O2. The minimum Gasteiger partial charge on any atom is -0.348 e. The van der Waals surface area contributed by atoms with Crippen molar-refractivity contribution in [2.24, 2.45) is 0 Å². The first-order chi connectivity index (χ1) is 7.08. The van der Waals surface area contributed by atoms with Gasteiger partial charge in [-0.2, -0.15) is 0 Å². The van der Waals surface area contributed by atoms with Crippen LogP contribution in [0.1, 0.15) is 25.7 Å². The molecule has 0 saturated carbocycles. The van der Waals surface area contributed by atoms with E-state index in [1.54, 1.807) is 19.0 Å². The van der Waals surface area contributed by atoms with Gasteiger partial charge in [0.2, 0.25) is 5.91 Å². The summed E-state index contributed by atoms with van der Waals surface area (Å²) < 4.78 is 0. The van der Waals surface area contributed by atoms with Gasteiger partial charge in [-0.1, -0.05) is 0 Å². The van der Waals surface area contributed by atoms with Crippen LogP contribution >= 0.6 is 0 Å². The van der Waals surface area contributed by atoms with Crippen LogP contribution in [-0.4, -0.2) is 54.2 Å². The van der Waals surface area contributed by atoms with E-state index in [-0.39, 0.29) is 5.91 Å². The largest absolute Gasteiger partial charge is 0.348 e. The predicted octanol–water partition coefficient (Wildman–Crippen LogP) is 0.270. The Morgan fingerprint density at radius 3 is 2.33 bits per heavy atom. The first-order valence-electron chi connectivity index (χ1n) is 5.55. The summed E-state index contributed by atoms with van der Waals surface area (Å²) in [7, 11) is 3.55. The molecular weight excluding hydrogens is 192 g/mol. The Bertz CT molecular complexity index is 272. The van der Waals surface area contributed by atoms with E-state index in [9.17, 15) is 9.59 Å². The van der Waals surface area contributed by atoms with Crippen molar-refractivity contribution < 1.29 is 9.59 Å². The fourth-order valence-electron chi connectivity index (χ4n) is 2.62. The van der Waals surface area contributed by atoms with Crippen molar-refractivity contribution in [2.75, 3.05) is 20.6 Å². The Hall–Kier alpha value is -0.900. The lowest BCUT2D eigenvalue weighted by atomic mass is 10.0. The van der Waals surface area contributed by atoms with Crippen LogP contribution in [0.25, 0.3) is 0 Å². The lowest BCUT2D eigenvalue weighted by Crippen LogP contribution is -2.47. The number of carbonyl (C=O) groups is 2. The van der Waals surface area contributed by atoms with Gasteiger partial charge in [-0.15, -0.1) is 0 Å². The highest BCUT2D eigenvalue weighted by atomic mass is 16.2. The molecule has 2 atom stereocenters. The van der Waals surface area contributed by atoms with E-state index in [1.807, 2.05) is 0 Å². The number of fused-ring (bicyclic) bond motifs is 2. The number of likely N-dealkylation sites (N-methyl/N-ethyl adjacent to an activating group) is 1. The summed E-state index contributed by atoms with van der Waals surface area (Å²) in [5, 5.41) is 0. The van der Waals surface area contributed by atoms with Crippen molar-refractivity contribution in [3.05, 3.63) is 0 Å². The molecule has 4 nitrogen and oxygen atoms in total. The molecule has 2 rings (SSSR count). The number of hydrogen-bond donors (Lipinski definition) is 0. The number of hydrogen-bond acceptors (Lipinski definition) is 3. The molecule has 2 bridgehead atoms. The first-order valence-corrected chi connectivity index (χ1v) is 5.55. The number of rotatable bonds is 2.